The molecule has 2 rings (SSSR count). The standard InChI is InChI=1S/C18H23NO5/c1-17(2)12(9-10-18(17,3)16(23)24-4)14(20)19-13-8-6-5-7-11(13)15(21)22/h5-8,12H,9-10H2,1-4H3,(H,19,20)(H,21,22)/t12-,18+/m0/s1. The average molecular weight is 333 g/mol. The molecule has 0 aromatic heterocycles. The smallest absolute Gasteiger partial charge is 0.337 e. The zero-order valence-electron chi connectivity index (χ0n) is 14.4. The van der Waals surface area contributed by atoms with E-state index in [0.717, 1.165) is 0 Å². The van der Waals surface area contributed by atoms with Gasteiger partial charge in [0, 0.05) is 5.92 Å². The summed E-state index contributed by atoms with van der Waals surface area (Å²) in [6, 6.07) is 6.27. The molecule has 0 radical (unpaired) electrons. The third-order valence-electron chi connectivity index (χ3n) is 5.59. The summed E-state index contributed by atoms with van der Waals surface area (Å²) in [5.74, 6) is -2.12. The van der Waals surface area contributed by atoms with Gasteiger partial charge in [-0.1, -0.05) is 26.0 Å². The molecule has 0 aliphatic heterocycles. The van der Waals surface area contributed by atoms with E-state index in [4.69, 9.17) is 4.74 Å². The lowest BCUT2D eigenvalue weighted by Crippen LogP contribution is -2.44. The Morgan fingerprint density at radius 1 is 1.21 bits per heavy atom. The summed E-state index contributed by atoms with van der Waals surface area (Å²) >= 11 is 0. The number of nitrogens with one attached hydrogen (secondary N) is 1. The first-order valence-corrected chi connectivity index (χ1v) is 7.86. The predicted molar refractivity (Wildman–Crippen MR) is 88.7 cm³/mol. The molecule has 2 atom stereocenters. The second-order valence-electron chi connectivity index (χ2n) is 6.98. The highest BCUT2D eigenvalue weighted by Crippen LogP contribution is 2.56. The minimum absolute atomic E-state index is 0.0392. The van der Waals surface area contributed by atoms with E-state index in [2.05, 4.69) is 5.32 Å². The van der Waals surface area contributed by atoms with Crippen molar-refractivity contribution in [2.75, 3.05) is 12.4 Å². The van der Waals surface area contributed by atoms with Crippen molar-refractivity contribution in [1.29, 1.82) is 0 Å². The van der Waals surface area contributed by atoms with Gasteiger partial charge in [0.25, 0.3) is 0 Å². The summed E-state index contributed by atoms with van der Waals surface area (Å²) in [5, 5.41) is 11.9. The fraction of sp³-hybridized carbons (Fsp3) is 0.500. The molecule has 6 nitrogen and oxygen atoms in total. The van der Waals surface area contributed by atoms with Gasteiger partial charge in [-0.3, -0.25) is 9.59 Å². The number of anilines is 1. The predicted octanol–water partition coefficient (Wildman–Crippen LogP) is 2.94. The quantitative estimate of drug-likeness (QED) is 0.826. The number of hydrogen-bond donors (Lipinski definition) is 2. The number of ether oxygens (including phenoxy) is 1. The summed E-state index contributed by atoms with van der Waals surface area (Å²) in [5.41, 5.74) is -1.06. The average Bonchev–Trinajstić information content (AvgIpc) is 2.78. The highest BCUT2D eigenvalue weighted by Gasteiger charge is 2.58. The van der Waals surface area contributed by atoms with Crippen LogP contribution < -0.4 is 5.32 Å². The highest BCUT2D eigenvalue weighted by molar-refractivity contribution is 6.01. The number of carbonyl (C=O) groups excluding carboxylic acids is 2. The first-order chi connectivity index (χ1) is 11.1. The molecular weight excluding hydrogens is 310 g/mol. The van der Waals surface area contributed by atoms with Crippen molar-refractivity contribution in [3.63, 3.8) is 0 Å². The van der Waals surface area contributed by atoms with Crippen LogP contribution in [0.25, 0.3) is 0 Å². The fourth-order valence-electron chi connectivity index (χ4n) is 3.55. The van der Waals surface area contributed by atoms with Crippen molar-refractivity contribution >= 4 is 23.5 Å². The number of aromatic carboxylic acids is 1. The topological polar surface area (TPSA) is 92.7 Å². The third-order valence-corrected chi connectivity index (χ3v) is 5.59. The van der Waals surface area contributed by atoms with Gasteiger partial charge < -0.3 is 15.2 Å². The van der Waals surface area contributed by atoms with E-state index in [1.165, 1.54) is 13.2 Å². The lowest BCUT2D eigenvalue weighted by molar-refractivity contribution is -0.158. The van der Waals surface area contributed by atoms with Crippen LogP contribution in [0.1, 0.15) is 44.0 Å². The van der Waals surface area contributed by atoms with Crippen molar-refractivity contribution in [1.82, 2.24) is 0 Å². The maximum atomic E-state index is 12.7. The largest absolute Gasteiger partial charge is 0.478 e. The number of hydrogen-bond acceptors (Lipinski definition) is 4. The number of para-hydroxylation sites is 1. The molecule has 0 spiro atoms. The maximum absolute atomic E-state index is 12.7. The minimum atomic E-state index is -1.10. The van der Waals surface area contributed by atoms with E-state index in [-0.39, 0.29) is 23.1 Å². The summed E-state index contributed by atoms with van der Waals surface area (Å²) < 4.78 is 4.92. The summed E-state index contributed by atoms with van der Waals surface area (Å²) in [7, 11) is 1.35. The van der Waals surface area contributed by atoms with Crippen LogP contribution in [0.3, 0.4) is 0 Å². The fourth-order valence-corrected chi connectivity index (χ4v) is 3.55. The van der Waals surface area contributed by atoms with E-state index in [9.17, 15) is 19.5 Å². The van der Waals surface area contributed by atoms with Gasteiger partial charge in [-0.05, 0) is 37.3 Å². The number of benzene rings is 1. The summed E-state index contributed by atoms with van der Waals surface area (Å²) in [6.45, 7) is 5.58. The Labute approximate surface area is 141 Å². The molecule has 0 bridgehead atoms. The molecule has 6 heteroatoms. The molecule has 1 saturated carbocycles. The molecule has 1 fully saturated rings. The maximum Gasteiger partial charge on any atom is 0.337 e. The van der Waals surface area contributed by atoms with Gasteiger partial charge in [0.2, 0.25) is 5.91 Å². The molecule has 0 unspecified atom stereocenters. The van der Waals surface area contributed by atoms with Crippen LogP contribution in [-0.2, 0) is 14.3 Å². The second kappa shape index (κ2) is 6.26. The van der Waals surface area contributed by atoms with Crippen LogP contribution in [0, 0.1) is 16.7 Å². The number of amides is 1. The molecule has 0 saturated heterocycles. The Hall–Kier alpha value is -2.37. The number of rotatable bonds is 4. The molecule has 2 N–H and O–H groups in total. The number of carboxylic acid groups (broad SMARTS) is 1. The van der Waals surface area contributed by atoms with Crippen molar-refractivity contribution in [2.24, 2.45) is 16.7 Å². The Morgan fingerprint density at radius 2 is 1.83 bits per heavy atom. The van der Waals surface area contributed by atoms with Crippen molar-refractivity contribution in [3.8, 4) is 0 Å². The first-order valence-electron chi connectivity index (χ1n) is 7.86. The Kier molecular flexibility index (Phi) is 4.69. The van der Waals surface area contributed by atoms with Crippen LogP contribution in [-0.4, -0.2) is 30.1 Å². The van der Waals surface area contributed by atoms with E-state index >= 15 is 0 Å². The SMILES string of the molecule is COC(=O)[C@@]1(C)CC[C@@H](C(=O)Nc2ccccc2C(=O)O)C1(C)C. The van der Waals surface area contributed by atoms with Gasteiger partial charge in [0.1, 0.15) is 0 Å². The highest BCUT2D eigenvalue weighted by atomic mass is 16.5. The molecule has 1 amide bonds. The molecule has 1 aliphatic rings. The molecule has 130 valence electrons. The first kappa shape index (κ1) is 18.0. The van der Waals surface area contributed by atoms with Gasteiger partial charge >= 0.3 is 11.9 Å². The van der Waals surface area contributed by atoms with Crippen molar-refractivity contribution < 1.29 is 24.2 Å². The van der Waals surface area contributed by atoms with E-state index < -0.39 is 22.7 Å². The Balaban J connectivity index is 2.26. The Bertz CT molecular complexity index is 682. The number of esters is 1. The monoisotopic (exact) mass is 333 g/mol. The molecule has 1 aromatic rings. The van der Waals surface area contributed by atoms with Crippen LogP contribution in [0.2, 0.25) is 0 Å². The molecule has 24 heavy (non-hydrogen) atoms. The summed E-state index contributed by atoms with van der Waals surface area (Å²) in [4.78, 5) is 36.2. The van der Waals surface area contributed by atoms with E-state index in [1.807, 2.05) is 20.8 Å². The lowest BCUT2D eigenvalue weighted by atomic mass is 9.65. The van der Waals surface area contributed by atoms with Crippen LogP contribution in [0.15, 0.2) is 24.3 Å². The van der Waals surface area contributed by atoms with E-state index in [0.29, 0.717) is 12.8 Å². The zero-order chi connectivity index (χ0) is 18.1. The minimum Gasteiger partial charge on any atom is -0.478 e. The van der Waals surface area contributed by atoms with Gasteiger partial charge in [0.15, 0.2) is 0 Å². The lowest BCUT2D eigenvalue weighted by Gasteiger charge is -2.38. The third kappa shape index (κ3) is 2.77. The van der Waals surface area contributed by atoms with Gasteiger partial charge in [0.05, 0.1) is 23.8 Å². The van der Waals surface area contributed by atoms with Crippen LogP contribution >= 0.6 is 0 Å². The number of carboxylic acids is 1. The van der Waals surface area contributed by atoms with Crippen LogP contribution in [0.4, 0.5) is 5.69 Å². The zero-order valence-corrected chi connectivity index (χ0v) is 14.4. The number of carbonyl (C=O) groups is 3. The second-order valence-corrected chi connectivity index (χ2v) is 6.98. The molecule has 0 heterocycles. The Morgan fingerprint density at radius 3 is 2.42 bits per heavy atom. The molecular formula is C18H23NO5. The van der Waals surface area contributed by atoms with Crippen molar-refractivity contribution in [2.45, 2.75) is 33.6 Å². The van der Waals surface area contributed by atoms with Gasteiger partial charge in [-0.15, -0.1) is 0 Å². The van der Waals surface area contributed by atoms with Crippen molar-refractivity contribution in [3.05, 3.63) is 29.8 Å². The van der Waals surface area contributed by atoms with Gasteiger partial charge in [-0.2, -0.15) is 0 Å². The summed E-state index contributed by atoms with van der Waals surface area (Å²) in [6.07, 6.45) is 1.09. The molecule has 1 aliphatic carbocycles. The van der Waals surface area contributed by atoms with Gasteiger partial charge in [-0.25, -0.2) is 4.79 Å². The van der Waals surface area contributed by atoms with E-state index in [1.54, 1.807) is 18.2 Å². The molecule has 1 aromatic carbocycles. The number of methoxy groups -OCH3 is 1. The van der Waals surface area contributed by atoms with Crippen LogP contribution in [0.5, 0.6) is 0 Å². The normalized spacial score (nSPS) is 25.1.